The number of furan rings is 1. The van der Waals surface area contributed by atoms with E-state index in [1.165, 1.54) is 12.4 Å². The zero-order valence-electron chi connectivity index (χ0n) is 18.1. The number of hydrogen-bond acceptors (Lipinski definition) is 8. The van der Waals surface area contributed by atoms with Crippen LogP contribution in [-0.2, 0) is 0 Å². The van der Waals surface area contributed by atoms with Gasteiger partial charge in [-0.2, -0.15) is 0 Å². The Morgan fingerprint density at radius 3 is 2.62 bits per heavy atom. The number of benzene rings is 1. The number of piperidine rings is 1. The number of rotatable bonds is 8. The van der Waals surface area contributed by atoms with Crippen LogP contribution in [0.2, 0.25) is 0 Å². The van der Waals surface area contributed by atoms with Crippen molar-refractivity contribution in [3.63, 3.8) is 0 Å². The molecule has 1 atom stereocenters. The molecule has 3 aromatic rings. The predicted octanol–water partition coefficient (Wildman–Crippen LogP) is 2.61. The number of nitrogens with zero attached hydrogens (tertiary/aromatic N) is 4. The van der Waals surface area contributed by atoms with Crippen LogP contribution in [0.25, 0.3) is 11.0 Å². The maximum atomic E-state index is 11.4. The molecule has 1 saturated heterocycles. The number of nitrogens with one attached hydrogen (secondary N) is 1. The molecule has 4 rings (SSSR count). The van der Waals surface area contributed by atoms with Crippen molar-refractivity contribution in [3.8, 4) is 0 Å². The Kier molecular flexibility index (Phi) is 6.99. The van der Waals surface area contributed by atoms with Crippen molar-refractivity contribution in [2.45, 2.75) is 25.8 Å². The molecule has 0 radical (unpaired) electrons. The minimum Gasteiger partial charge on any atom is -0.459 e. The summed E-state index contributed by atoms with van der Waals surface area (Å²) < 4.78 is 6.03. The fraction of sp³-hybridized carbons (Fsp3) is 0.435. The number of aromatic nitrogens is 2. The number of carbonyl (C=O) groups is 1. The molecule has 0 saturated carbocycles. The first-order valence-corrected chi connectivity index (χ1v) is 11.0. The smallest absolute Gasteiger partial charge is 0.277 e. The van der Waals surface area contributed by atoms with Crippen LogP contribution in [-0.4, -0.2) is 63.9 Å². The third-order valence-corrected chi connectivity index (χ3v) is 6.18. The first kappa shape index (κ1) is 22.2. The van der Waals surface area contributed by atoms with E-state index in [1.807, 2.05) is 30.3 Å². The second kappa shape index (κ2) is 10.1. The summed E-state index contributed by atoms with van der Waals surface area (Å²) in [6, 6.07) is 9.77. The highest BCUT2D eigenvalue weighted by Crippen LogP contribution is 2.30. The van der Waals surface area contributed by atoms with Crippen LogP contribution >= 0.6 is 0 Å². The van der Waals surface area contributed by atoms with E-state index in [0.717, 1.165) is 55.8 Å². The molecular formula is C23H29N5O4. The Hall–Kier alpha value is -3.01. The Morgan fingerprint density at radius 1 is 1.28 bits per heavy atom. The number of aliphatic hydroxyl groups excluding tert-OH is 1. The summed E-state index contributed by atoms with van der Waals surface area (Å²) in [5, 5.41) is 19.9. The minimum atomic E-state index is -0.627. The molecule has 0 aliphatic carbocycles. The van der Waals surface area contributed by atoms with Crippen LogP contribution in [0.1, 0.15) is 41.9 Å². The van der Waals surface area contributed by atoms with Gasteiger partial charge in [0, 0.05) is 37.4 Å². The predicted molar refractivity (Wildman–Crippen MR) is 120 cm³/mol. The van der Waals surface area contributed by atoms with Crippen molar-refractivity contribution < 1.29 is 19.5 Å². The lowest BCUT2D eigenvalue weighted by Crippen LogP contribution is -2.41. The van der Waals surface area contributed by atoms with Crippen molar-refractivity contribution in [2.75, 3.05) is 37.7 Å². The van der Waals surface area contributed by atoms with Crippen molar-refractivity contribution in [1.82, 2.24) is 20.3 Å². The minimum absolute atomic E-state index is 0.00805. The highest BCUT2D eigenvalue weighted by molar-refractivity contribution is 5.92. The summed E-state index contributed by atoms with van der Waals surface area (Å²) in [4.78, 5) is 24.3. The quantitative estimate of drug-likeness (QED) is 0.362. The van der Waals surface area contributed by atoms with Crippen LogP contribution < -0.4 is 10.4 Å². The monoisotopic (exact) mass is 439 g/mol. The summed E-state index contributed by atoms with van der Waals surface area (Å²) in [6.07, 6.45) is 4.80. The van der Waals surface area contributed by atoms with Crippen molar-refractivity contribution in [2.24, 2.45) is 5.92 Å². The lowest BCUT2D eigenvalue weighted by Gasteiger charge is -2.36. The molecule has 3 heterocycles. The van der Waals surface area contributed by atoms with Crippen LogP contribution in [0.4, 0.5) is 5.95 Å². The van der Waals surface area contributed by atoms with E-state index in [0.29, 0.717) is 11.9 Å². The maximum absolute atomic E-state index is 11.4. The number of aliphatic hydroxyl groups is 1. The molecule has 1 fully saturated rings. The van der Waals surface area contributed by atoms with Gasteiger partial charge in [-0.3, -0.25) is 14.9 Å². The zero-order chi connectivity index (χ0) is 22.5. The molecule has 32 heavy (non-hydrogen) atoms. The van der Waals surface area contributed by atoms with E-state index < -0.39 is 5.91 Å². The molecule has 0 spiro atoms. The summed E-state index contributed by atoms with van der Waals surface area (Å²) >= 11 is 0. The van der Waals surface area contributed by atoms with E-state index in [2.05, 4.69) is 26.7 Å². The van der Waals surface area contributed by atoms with E-state index >= 15 is 0 Å². The van der Waals surface area contributed by atoms with Gasteiger partial charge in [0.15, 0.2) is 0 Å². The van der Waals surface area contributed by atoms with E-state index in [-0.39, 0.29) is 18.2 Å². The lowest BCUT2D eigenvalue weighted by atomic mass is 9.95. The Morgan fingerprint density at radius 2 is 2.00 bits per heavy atom. The number of para-hydroxylation sites is 1. The molecule has 1 aliphatic heterocycles. The van der Waals surface area contributed by atoms with Gasteiger partial charge in [-0.1, -0.05) is 25.1 Å². The SMILES string of the molecule is CCN(CC1CCN(c2ncc(C(=O)NO)cn2)CC1)C(CO)c1cc2ccccc2o1. The number of hydrogen-bond donors (Lipinski definition) is 3. The average molecular weight is 440 g/mol. The van der Waals surface area contributed by atoms with Crippen LogP contribution in [0.15, 0.2) is 47.1 Å². The number of anilines is 1. The van der Waals surface area contributed by atoms with Gasteiger partial charge in [-0.25, -0.2) is 15.4 Å². The topological polar surface area (TPSA) is 115 Å². The van der Waals surface area contributed by atoms with Gasteiger partial charge in [-0.15, -0.1) is 0 Å². The molecule has 1 aliphatic rings. The molecule has 9 heteroatoms. The molecule has 1 amide bonds. The Balaban J connectivity index is 1.37. The third kappa shape index (κ3) is 4.74. The van der Waals surface area contributed by atoms with E-state index in [1.54, 1.807) is 5.48 Å². The molecule has 1 unspecified atom stereocenters. The zero-order valence-corrected chi connectivity index (χ0v) is 18.1. The van der Waals surface area contributed by atoms with Gasteiger partial charge in [0.05, 0.1) is 18.2 Å². The number of hydroxylamine groups is 1. The molecule has 9 nitrogen and oxygen atoms in total. The Bertz CT molecular complexity index is 997. The van der Waals surface area contributed by atoms with E-state index in [9.17, 15) is 9.90 Å². The molecular weight excluding hydrogens is 410 g/mol. The van der Waals surface area contributed by atoms with Gasteiger partial charge < -0.3 is 14.4 Å². The van der Waals surface area contributed by atoms with Crippen LogP contribution in [0.3, 0.4) is 0 Å². The second-order valence-electron chi connectivity index (χ2n) is 8.12. The fourth-order valence-corrected chi connectivity index (χ4v) is 4.34. The average Bonchev–Trinajstić information content (AvgIpc) is 3.27. The molecule has 1 aromatic carbocycles. The number of fused-ring (bicyclic) bond motifs is 1. The second-order valence-corrected chi connectivity index (χ2v) is 8.12. The van der Waals surface area contributed by atoms with Crippen LogP contribution in [0.5, 0.6) is 0 Å². The summed E-state index contributed by atoms with van der Waals surface area (Å²) in [6.45, 7) is 5.46. The largest absolute Gasteiger partial charge is 0.459 e. The van der Waals surface area contributed by atoms with Crippen molar-refractivity contribution >= 4 is 22.8 Å². The molecule has 0 bridgehead atoms. The first-order chi connectivity index (χ1) is 15.6. The molecule has 3 N–H and O–H groups in total. The van der Waals surface area contributed by atoms with Gasteiger partial charge in [0.25, 0.3) is 5.91 Å². The van der Waals surface area contributed by atoms with Gasteiger partial charge in [0.1, 0.15) is 11.3 Å². The highest BCUT2D eigenvalue weighted by atomic mass is 16.5. The third-order valence-electron chi connectivity index (χ3n) is 6.18. The van der Waals surface area contributed by atoms with Gasteiger partial charge >= 0.3 is 0 Å². The fourth-order valence-electron chi connectivity index (χ4n) is 4.34. The van der Waals surface area contributed by atoms with Gasteiger partial charge in [0.2, 0.25) is 5.95 Å². The molecule has 170 valence electrons. The van der Waals surface area contributed by atoms with E-state index in [4.69, 9.17) is 9.62 Å². The number of carbonyl (C=O) groups excluding carboxylic acids is 1. The summed E-state index contributed by atoms with van der Waals surface area (Å²) in [5.74, 6) is 1.25. The number of amides is 1. The van der Waals surface area contributed by atoms with Gasteiger partial charge in [-0.05, 0) is 37.4 Å². The summed E-state index contributed by atoms with van der Waals surface area (Å²) in [7, 11) is 0. The Labute approximate surface area is 186 Å². The van der Waals surface area contributed by atoms with Crippen molar-refractivity contribution in [3.05, 3.63) is 54.0 Å². The summed E-state index contributed by atoms with van der Waals surface area (Å²) in [5.41, 5.74) is 2.63. The lowest BCUT2D eigenvalue weighted by molar-refractivity contribution is 0.0705. The van der Waals surface area contributed by atoms with Crippen molar-refractivity contribution in [1.29, 1.82) is 0 Å². The normalized spacial score (nSPS) is 15.9. The maximum Gasteiger partial charge on any atom is 0.277 e. The standard InChI is InChI=1S/C23H29N5O4/c1-2-27(19(15-29)21-11-17-5-3-4-6-20(17)32-21)14-16-7-9-28(10-8-16)23-24-12-18(13-25-23)22(30)26-31/h3-6,11-13,16,19,29,31H,2,7-10,14-15H2,1H3,(H,26,30). The first-order valence-electron chi connectivity index (χ1n) is 11.0. The molecule has 2 aromatic heterocycles. The van der Waals surface area contributed by atoms with Crippen LogP contribution in [0, 0.1) is 5.92 Å². The highest BCUT2D eigenvalue weighted by Gasteiger charge is 2.27. The number of likely N-dealkylation sites (N-methyl/N-ethyl adjacent to an activating group) is 1.